The maximum atomic E-state index is 12.6. The molecule has 134 valence electrons. The van der Waals surface area contributed by atoms with Crippen LogP contribution in [0.4, 0.5) is 4.79 Å². The summed E-state index contributed by atoms with van der Waals surface area (Å²) in [5.41, 5.74) is 0.149. The summed E-state index contributed by atoms with van der Waals surface area (Å²) in [7, 11) is 1.76. The zero-order chi connectivity index (χ0) is 16.8. The fraction of sp³-hybridized carbons (Fsp3) is 0.778. The van der Waals surface area contributed by atoms with Crippen LogP contribution in [0.5, 0.6) is 0 Å². The third kappa shape index (κ3) is 4.29. The van der Waals surface area contributed by atoms with Gasteiger partial charge >= 0.3 is 6.03 Å². The van der Waals surface area contributed by atoms with Gasteiger partial charge in [-0.2, -0.15) is 0 Å². The van der Waals surface area contributed by atoms with Crippen LogP contribution in [0, 0.1) is 11.3 Å². The van der Waals surface area contributed by atoms with Crippen molar-refractivity contribution in [2.24, 2.45) is 11.3 Å². The molecule has 0 unspecified atom stereocenters. The van der Waals surface area contributed by atoms with Crippen molar-refractivity contribution in [1.82, 2.24) is 19.8 Å². The lowest BCUT2D eigenvalue weighted by atomic mass is 9.87. The van der Waals surface area contributed by atoms with Gasteiger partial charge in [0.2, 0.25) is 0 Å². The zero-order valence-electron chi connectivity index (χ0n) is 14.7. The summed E-state index contributed by atoms with van der Waals surface area (Å²) >= 11 is 0. The Morgan fingerprint density at radius 3 is 2.92 bits per heavy atom. The van der Waals surface area contributed by atoms with Crippen LogP contribution in [-0.4, -0.2) is 53.8 Å². The summed E-state index contributed by atoms with van der Waals surface area (Å²) in [6.07, 6.45) is 12.7. The van der Waals surface area contributed by atoms with Crippen molar-refractivity contribution in [2.75, 3.05) is 33.4 Å². The normalized spacial score (nSPS) is 23.4. The number of nitrogens with zero attached hydrogens (tertiary/aromatic N) is 3. The lowest BCUT2D eigenvalue weighted by Gasteiger charge is -2.35. The smallest absolute Gasteiger partial charge is 0.317 e. The molecule has 1 aromatic heterocycles. The maximum Gasteiger partial charge on any atom is 0.317 e. The van der Waals surface area contributed by atoms with Crippen molar-refractivity contribution >= 4 is 6.03 Å². The number of rotatable bonds is 6. The average molecular weight is 334 g/mol. The van der Waals surface area contributed by atoms with E-state index in [-0.39, 0.29) is 11.4 Å². The molecule has 1 saturated carbocycles. The number of methoxy groups -OCH3 is 1. The van der Waals surface area contributed by atoms with Crippen LogP contribution in [-0.2, 0) is 11.3 Å². The lowest BCUT2D eigenvalue weighted by molar-refractivity contribution is 0.0813. The van der Waals surface area contributed by atoms with E-state index in [4.69, 9.17) is 4.74 Å². The second-order valence-electron chi connectivity index (χ2n) is 7.51. The van der Waals surface area contributed by atoms with E-state index in [0.29, 0.717) is 5.92 Å². The highest BCUT2D eigenvalue weighted by atomic mass is 16.5. The minimum atomic E-state index is 0.0905. The highest BCUT2D eigenvalue weighted by Gasteiger charge is 2.35. The standard InChI is InChI=1S/C18H30N4O2/c1-24-14-18(6-2-3-7-18)13-20-17(23)22-9-4-5-16(12-22)11-21-10-8-19-15-21/h8,10,15-16H,2-7,9,11-14H2,1H3,(H,20,23)/t16-/m0/s1. The summed E-state index contributed by atoms with van der Waals surface area (Å²) < 4.78 is 7.52. The fourth-order valence-electron chi connectivity index (χ4n) is 4.27. The van der Waals surface area contributed by atoms with Crippen LogP contribution >= 0.6 is 0 Å². The average Bonchev–Trinajstić information content (AvgIpc) is 3.26. The van der Waals surface area contributed by atoms with E-state index < -0.39 is 0 Å². The number of carbonyl (C=O) groups excluding carboxylic acids is 1. The Labute approximate surface area is 144 Å². The Kier molecular flexibility index (Phi) is 5.76. The molecule has 0 radical (unpaired) electrons. The van der Waals surface area contributed by atoms with Gasteiger partial charge in [-0.25, -0.2) is 9.78 Å². The second kappa shape index (κ2) is 8.01. The molecule has 2 aliphatic rings. The molecule has 2 amide bonds. The minimum Gasteiger partial charge on any atom is -0.384 e. The molecule has 0 aromatic carbocycles. The molecule has 1 atom stereocenters. The molecule has 1 aliphatic carbocycles. The summed E-state index contributed by atoms with van der Waals surface area (Å²) in [5, 5.41) is 3.19. The molecule has 24 heavy (non-hydrogen) atoms. The molecular formula is C18H30N4O2. The number of hydrogen-bond acceptors (Lipinski definition) is 3. The van der Waals surface area contributed by atoms with Crippen molar-refractivity contribution in [1.29, 1.82) is 0 Å². The Hall–Kier alpha value is -1.56. The van der Waals surface area contributed by atoms with Crippen molar-refractivity contribution in [3.05, 3.63) is 18.7 Å². The number of hydrogen-bond donors (Lipinski definition) is 1. The lowest BCUT2D eigenvalue weighted by Crippen LogP contribution is -2.49. The van der Waals surface area contributed by atoms with Crippen LogP contribution in [0.2, 0.25) is 0 Å². The Bertz CT molecular complexity index is 511. The summed E-state index contributed by atoms with van der Waals surface area (Å²) in [5.74, 6) is 0.512. The van der Waals surface area contributed by atoms with Gasteiger partial charge < -0.3 is 19.5 Å². The monoisotopic (exact) mass is 334 g/mol. The molecule has 1 aliphatic heterocycles. The molecule has 6 nitrogen and oxygen atoms in total. The minimum absolute atomic E-state index is 0.0905. The third-order valence-electron chi connectivity index (χ3n) is 5.56. The number of carbonyl (C=O) groups is 1. The van der Waals surface area contributed by atoms with Crippen molar-refractivity contribution in [3.8, 4) is 0 Å². The molecule has 2 heterocycles. The van der Waals surface area contributed by atoms with Gasteiger partial charge in [0.25, 0.3) is 0 Å². The molecule has 1 N–H and O–H groups in total. The van der Waals surface area contributed by atoms with Crippen LogP contribution in [0.25, 0.3) is 0 Å². The van der Waals surface area contributed by atoms with Gasteiger partial charge in [0.15, 0.2) is 0 Å². The van der Waals surface area contributed by atoms with E-state index in [1.54, 1.807) is 7.11 Å². The van der Waals surface area contributed by atoms with E-state index in [0.717, 1.165) is 52.0 Å². The highest BCUT2D eigenvalue weighted by Crippen LogP contribution is 2.37. The van der Waals surface area contributed by atoms with Gasteiger partial charge in [-0.15, -0.1) is 0 Å². The molecule has 3 rings (SSSR count). The number of piperidine rings is 1. The first-order valence-corrected chi connectivity index (χ1v) is 9.18. The first-order valence-electron chi connectivity index (χ1n) is 9.18. The van der Waals surface area contributed by atoms with Crippen LogP contribution in [0.15, 0.2) is 18.7 Å². The largest absolute Gasteiger partial charge is 0.384 e. The molecule has 2 fully saturated rings. The van der Waals surface area contributed by atoms with E-state index >= 15 is 0 Å². The van der Waals surface area contributed by atoms with Gasteiger partial charge in [0.1, 0.15) is 0 Å². The topological polar surface area (TPSA) is 59.4 Å². The number of nitrogens with one attached hydrogen (secondary N) is 1. The van der Waals surface area contributed by atoms with Crippen LogP contribution in [0.3, 0.4) is 0 Å². The Morgan fingerprint density at radius 1 is 1.38 bits per heavy atom. The van der Waals surface area contributed by atoms with E-state index in [2.05, 4.69) is 14.9 Å². The van der Waals surface area contributed by atoms with E-state index in [1.165, 1.54) is 19.3 Å². The first kappa shape index (κ1) is 17.3. The number of ether oxygens (including phenoxy) is 1. The maximum absolute atomic E-state index is 12.6. The van der Waals surface area contributed by atoms with Crippen LogP contribution < -0.4 is 5.32 Å². The Morgan fingerprint density at radius 2 is 2.21 bits per heavy atom. The summed E-state index contributed by atoms with van der Waals surface area (Å²) in [4.78, 5) is 18.7. The second-order valence-corrected chi connectivity index (χ2v) is 7.51. The van der Waals surface area contributed by atoms with Crippen molar-refractivity contribution < 1.29 is 9.53 Å². The predicted molar refractivity (Wildman–Crippen MR) is 92.7 cm³/mol. The Balaban J connectivity index is 1.49. The van der Waals surface area contributed by atoms with Crippen molar-refractivity contribution in [3.63, 3.8) is 0 Å². The quantitative estimate of drug-likeness (QED) is 0.869. The predicted octanol–water partition coefficient (Wildman–Crippen LogP) is 2.51. The zero-order valence-corrected chi connectivity index (χ0v) is 14.7. The fourth-order valence-corrected chi connectivity index (χ4v) is 4.27. The highest BCUT2D eigenvalue weighted by molar-refractivity contribution is 5.74. The molecule has 1 saturated heterocycles. The summed E-state index contributed by atoms with van der Waals surface area (Å²) in [6.45, 7) is 4.13. The first-order chi connectivity index (χ1) is 11.7. The van der Waals surface area contributed by atoms with Crippen molar-refractivity contribution in [2.45, 2.75) is 45.1 Å². The SMILES string of the molecule is COCC1(CNC(=O)N2CCC[C@@H](Cn3ccnc3)C2)CCCC1. The van der Waals surface area contributed by atoms with Gasteiger partial charge in [-0.3, -0.25) is 0 Å². The number of amides is 2. The summed E-state index contributed by atoms with van der Waals surface area (Å²) in [6, 6.07) is 0.0905. The molecule has 0 spiro atoms. The third-order valence-corrected chi connectivity index (χ3v) is 5.56. The van der Waals surface area contributed by atoms with E-state index in [9.17, 15) is 4.79 Å². The molecule has 0 bridgehead atoms. The van der Waals surface area contributed by atoms with Gasteiger partial charge in [-0.1, -0.05) is 12.8 Å². The van der Waals surface area contributed by atoms with Gasteiger partial charge in [0.05, 0.1) is 12.9 Å². The van der Waals surface area contributed by atoms with Crippen LogP contribution in [0.1, 0.15) is 38.5 Å². The molecular weight excluding hydrogens is 304 g/mol. The molecule has 6 heteroatoms. The number of likely N-dealkylation sites (tertiary alicyclic amines) is 1. The van der Waals surface area contributed by atoms with Gasteiger partial charge in [-0.05, 0) is 31.6 Å². The number of imidazole rings is 1. The number of aromatic nitrogens is 2. The number of urea groups is 1. The van der Waals surface area contributed by atoms with Gasteiger partial charge in [0, 0.05) is 51.1 Å². The molecule has 1 aromatic rings. The van der Waals surface area contributed by atoms with E-state index in [1.807, 2.05) is 23.6 Å².